The highest BCUT2D eigenvalue weighted by Gasteiger charge is 2.17. The standard InChI is InChI=1S/C11H22N2O/c1-5-6-13-10(14)7-9(12)8-11(2,3)4/h5,9H,1,6-8,12H2,2-4H3,(H,13,14). The Labute approximate surface area is 86.8 Å². The highest BCUT2D eigenvalue weighted by molar-refractivity contribution is 5.76. The van der Waals surface area contributed by atoms with E-state index in [1.54, 1.807) is 6.08 Å². The number of hydrogen-bond donors (Lipinski definition) is 2. The van der Waals surface area contributed by atoms with Crippen molar-refractivity contribution in [2.75, 3.05) is 6.54 Å². The molecule has 3 heteroatoms. The fourth-order valence-corrected chi connectivity index (χ4v) is 1.36. The second-order valence-electron chi connectivity index (χ2n) is 4.82. The molecule has 3 nitrogen and oxygen atoms in total. The van der Waals surface area contributed by atoms with Crippen LogP contribution < -0.4 is 11.1 Å². The molecular formula is C11H22N2O. The van der Waals surface area contributed by atoms with Crippen LogP contribution in [0.25, 0.3) is 0 Å². The highest BCUT2D eigenvalue weighted by atomic mass is 16.1. The Morgan fingerprint density at radius 3 is 2.57 bits per heavy atom. The molecule has 1 unspecified atom stereocenters. The van der Waals surface area contributed by atoms with Gasteiger partial charge in [0.2, 0.25) is 5.91 Å². The van der Waals surface area contributed by atoms with Gasteiger partial charge in [-0.3, -0.25) is 4.79 Å². The van der Waals surface area contributed by atoms with Crippen molar-refractivity contribution in [2.24, 2.45) is 11.1 Å². The number of amides is 1. The van der Waals surface area contributed by atoms with Crippen LogP contribution in [-0.4, -0.2) is 18.5 Å². The van der Waals surface area contributed by atoms with Crippen molar-refractivity contribution in [3.63, 3.8) is 0 Å². The monoisotopic (exact) mass is 198 g/mol. The van der Waals surface area contributed by atoms with Gasteiger partial charge in [-0.15, -0.1) is 6.58 Å². The molecule has 0 aromatic heterocycles. The van der Waals surface area contributed by atoms with Crippen LogP contribution in [0.5, 0.6) is 0 Å². The van der Waals surface area contributed by atoms with Crippen LogP contribution in [0.15, 0.2) is 12.7 Å². The number of carbonyl (C=O) groups is 1. The predicted molar refractivity (Wildman–Crippen MR) is 59.9 cm³/mol. The summed E-state index contributed by atoms with van der Waals surface area (Å²) < 4.78 is 0. The normalized spacial score (nSPS) is 13.4. The maximum atomic E-state index is 11.3. The first-order valence-corrected chi connectivity index (χ1v) is 4.98. The van der Waals surface area contributed by atoms with Crippen LogP contribution in [0.4, 0.5) is 0 Å². The van der Waals surface area contributed by atoms with E-state index in [9.17, 15) is 4.79 Å². The zero-order valence-electron chi connectivity index (χ0n) is 9.47. The number of nitrogens with one attached hydrogen (secondary N) is 1. The lowest BCUT2D eigenvalue weighted by atomic mass is 9.87. The van der Waals surface area contributed by atoms with Crippen molar-refractivity contribution in [1.82, 2.24) is 5.32 Å². The minimum Gasteiger partial charge on any atom is -0.353 e. The molecule has 0 aromatic carbocycles. The summed E-state index contributed by atoms with van der Waals surface area (Å²) in [5.41, 5.74) is 6.02. The van der Waals surface area contributed by atoms with Gasteiger partial charge in [-0.1, -0.05) is 26.8 Å². The van der Waals surface area contributed by atoms with Crippen molar-refractivity contribution in [1.29, 1.82) is 0 Å². The smallest absolute Gasteiger partial charge is 0.221 e. The minimum atomic E-state index is -0.0557. The molecule has 0 rings (SSSR count). The number of rotatable bonds is 5. The van der Waals surface area contributed by atoms with Crippen molar-refractivity contribution >= 4 is 5.91 Å². The predicted octanol–water partition coefficient (Wildman–Crippen LogP) is 1.44. The lowest BCUT2D eigenvalue weighted by molar-refractivity contribution is -0.121. The zero-order valence-corrected chi connectivity index (χ0v) is 9.47. The lowest BCUT2D eigenvalue weighted by Crippen LogP contribution is -2.34. The van der Waals surface area contributed by atoms with E-state index in [1.165, 1.54) is 0 Å². The van der Waals surface area contributed by atoms with Gasteiger partial charge in [-0.2, -0.15) is 0 Å². The number of nitrogens with two attached hydrogens (primary N) is 1. The van der Waals surface area contributed by atoms with E-state index in [1.807, 2.05) is 0 Å². The maximum Gasteiger partial charge on any atom is 0.221 e. The SMILES string of the molecule is C=CCNC(=O)CC(N)CC(C)(C)C. The molecule has 14 heavy (non-hydrogen) atoms. The Hall–Kier alpha value is -0.830. The largest absolute Gasteiger partial charge is 0.353 e. The fraction of sp³-hybridized carbons (Fsp3) is 0.727. The summed E-state index contributed by atoms with van der Waals surface area (Å²) in [5, 5.41) is 2.71. The fourth-order valence-electron chi connectivity index (χ4n) is 1.36. The second-order valence-corrected chi connectivity index (χ2v) is 4.82. The summed E-state index contributed by atoms with van der Waals surface area (Å²) >= 11 is 0. The molecule has 0 aliphatic rings. The van der Waals surface area contributed by atoms with E-state index in [-0.39, 0.29) is 17.4 Å². The van der Waals surface area contributed by atoms with E-state index in [0.29, 0.717) is 13.0 Å². The zero-order chi connectivity index (χ0) is 11.2. The molecule has 1 atom stereocenters. The number of carbonyl (C=O) groups excluding carboxylic acids is 1. The van der Waals surface area contributed by atoms with Crippen LogP contribution in [0.3, 0.4) is 0 Å². The van der Waals surface area contributed by atoms with Gasteiger partial charge in [0.05, 0.1) is 0 Å². The maximum absolute atomic E-state index is 11.3. The third-order valence-corrected chi connectivity index (χ3v) is 1.77. The van der Waals surface area contributed by atoms with Crippen LogP contribution >= 0.6 is 0 Å². The van der Waals surface area contributed by atoms with Crippen LogP contribution in [0.2, 0.25) is 0 Å². The average molecular weight is 198 g/mol. The Morgan fingerprint density at radius 2 is 2.14 bits per heavy atom. The first-order chi connectivity index (χ1) is 6.35. The average Bonchev–Trinajstić information content (AvgIpc) is 1.96. The molecule has 0 saturated heterocycles. The molecule has 3 N–H and O–H groups in total. The molecule has 0 aromatic rings. The van der Waals surface area contributed by atoms with E-state index in [4.69, 9.17) is 5.73 Å². The van der Waals surface area contributed by atoms with Gasteiger partial charge in [0.25, 0.3) is 0 Å². The van der Waals surface area contributed by atoms with Crippen molar-refractivity contribution in [3.8, 4) is 0 Å². The molecule has 0 heterocycles. The Morgan fingerprint density at radius 1 is 1.57 bits per heavy atom. The molecule has 0 radical (unpaired) electrons. The number of hydrogen-bond acceptors (Lipinski definition) is 2. The minimum absolute atomic E-state index is 0.00153. The van der Waals surface area contributed by atoms with E-state index in [0.717, 1.165) is 6.42 Å². The molecule has 82 valence electrons. The second kappa shape index (κ2) is 5.81. The van der Waals surface area contributed by atoms with E-state index in [2.05, 4.69) is 32.7 Å². The third-order valence-electron chi connectivity index (χ3n) is 1.77. The molecule has 0 aliphatic carbocycles. The quantitative estimate of drug-likeness (QED) is 0.657. The van der Waals surface area contributed by atoms with Crippen molar-refractivity contribution < 1.29 is 4.79 Å². The van der Waals surface area contributed by atoms with Gasteiger partial charge in [-0.25, -0.2) is 0 Å². The molecule has 0 bridgehead atoms. The summed E-state index contributed by atoms with van der Waals surface area (Å²) in [5.74, 6) is 0.00153. The van der Waals surface area contributed by atoms with Gasteiger partial charge in [0, 0.05) is 19.0 Å². The van der Waals surface area contributed by atoms with Crippen LogP contribution in [0, 0.1) is 5.41 Å². The van der Waals surface area contributed by atoms with Crippen molar-refractivity contribution in [3.05, 3.63) is 12.7 Å². The molecule has 1 amide bonds. The molecule has 0 saturated carbocycles. The summed E-state index contributed by atoms with van der Waals surface area (Å²) in [6, 6.07) is -0.0557. The summed E-state index contributed by atoms with van der Waals surface area (Å²) in [6.45, 7) is 10.4. The molecule has 0 spiro atoms. The van der Waals surface area contributed by atoms with Gasteiger partial charge in [0.1, 0.15) is 0 Å². The van der Waals surface area contributed by atoms with Gasteiger partial charge in [-0.05, 0) is 11.8 Å². The Kier molecular flexibility index (Phi) is 5.46. The van der Waals surface area contributed by atoms with Gasteiger partial charge < -0.3 is 11.1 Å². The van der Waals surface area contributed by atoms with Crippen molar-refractivity contribution in [2.45, 2.75) is 39.7 Å². The van der Waals surface area contributed by atoms with Crippen LogP contribution in [-0.2, 0) is 4.79 Å². The first kappa shape index (κ1) is 13.2. The topological polar surface area (TPSA) is 55.1 Å². The van der Waals surface area contributed by atoms with Gasteiger partial charge in [0.15, 0.2) is 0 Å². The molecule has 0 fully saturated rings. The Bertz CT molecular complexity index is 194. The van der Waals surface area contributed by atoms with Crippen LogP contribution in [0.1, 0.15) is 33.6 Å². The summed E-state index contributed by atoms with van der Waals surface area (Å²) in [4.78, 5) is 11.3. The Balaban J connectivity index is 3.76. The summed E-state index contributed by atoms with van der Waals surface area (Å²) in [6.07, 6.45) is 2.91. The molecule has 0 aliphatic heterocycles. The van der Waals surface area contributed by atoms with E-state index < -0.39 is 0 Å². The van der Waals surface area contributed by atoms with Gasteiger partial charge >= 0.3 is 0 Å². The lowest BCUT2D eigenvalue weighted by Gasteiger charge is -2.22. The summed E-state index contributed by atoms with van der Waals surface area (Å²) in [7, 11) is 0. The first-order valence-electron chi connectivity index (χ1n) is 4.98. The van der Waals surface area contributed by atoms with E-state index >= 15 is 0 Å². The highest BCUT2D eigenvalue weighted by Crippen LogP contribution is 2.20. The molecular weight excluding hydrogens is 176 g/mol. The third kappa shape index (κ3) is 7.80.